The standard InChI is InChI=1S/C13H22N2O2S2/c1-8(19(5,16)17)12-15-10-7-13(2,3)6-9(14-4)11(10)18-12/h8-9,14H,6-7H2,1-5H3. The lowest BCUT2D eigenvalue weighted by molar-refractivity contribution is 0.265. The lowest BCUT2D eigenvalue weighted by Gasteiger charge is -2.34. The zero-order chi connectivity index (χ0) is 14.4. The molecule has 0 bridgehead atoms. The molecule has 0 amide bonds. The van der Waals surface area contributed by atoms with E-state index < -0.39 is 15.1 Å². The number of aromatic nitrogens is 1. The second-order valence-electron chi connectivity index (χ2n) is 6.22. The van der Waals surface area contributed by atoms with Gasteiger partial charge in [0.15, 0.2) is 9.84 Å². The summed E-state index contributed by atoms with van der Waals surface area (Å²) in [7, 11) is -1.13. The maximum atomic E-state index is 11.7. The van der Waals surface area contributed by atoms with E-state index in [1.54, 1.807) is 18.3 Å². The van der Waals surface area contributed by atoms with Crippen molar-refractivity contribution in [2.45, 2.75) is 44.9 Å². The zero-order valence-electron chi connectivity index (χ0n) is 12.1. The Balaban J connectivity index is 2.43. The summed E-state index contributed by atoms with van der Waals surface area (Å²) in [6.07, 6.45) is 3.26. The van der Waals surface area contributed by atoms with E-state index in [-0.39, 0.29) is 11.5 Å². The van der Waals surface area contributed by atoms with Crippen molar-refractivity contribution in [3.05, 3.63) is 15.6 Å². The highest BCUT2D eigenvalue weighted by Crippen LogP contribution is 2.44. The molecule has 2 rings (SSSR count). The van der Waals surface area contributed by atoms with Gasteiger partial charge in [0.1, 0.15) is 10.3 Å². The van der Waals surface area contributed by atoms with Crippen LogP contribution in [0.3, 0.4) is 0 Å². The van der Waals surface area contributed by atoms with Crippen molar-refractivity contribution >= 4 is 21.2 Å². The Morgan fingerprint density at radius 3 is 2.63 bits per heavy atom. The largest absolute Gasteiger partial charge is 0.312 e. The van der Waals surface area contributed by atoms with Crippen molar-refractivity contribution in [1.82, 2.24) is 10.3 Å². The van der Waals surface area contributed by atoms with Gasteiger partial charge in [0.25, 0.3) is 0 Å². The molecular formula is C13H22N2O2S2. The molecule has 0 fully saturated rings. The molecule has 6 heteroatoms. The molecule has 0 saturated heterocycles. The van der Waals surface area contributed by atoms with Crippen LogP contribution in [0.5, 0.6) is 0 Å². The van der Waals surface area contributed by atoms with Gasteiger partial charge in [0, 0.05) is 17.2 Å². The first-order valence-corrected chi connectivity index (χ1v) is 9.27. The highest BCUT2D eigenvalue weighted by molar-refractivity contribution is 7.91. The van der Waals surface area contributed by atoms with Crippen molar-refractivity contribution < 1.29 is 8.42 Å². The fourth-order valence-electron chi connectivity index (χ4n) is 2.54. The van der Waals surface area contributed by atoms with Crippen LogP contribution in [-0.2, 0) is 16.3 Å². The smallest absolute Gasteiger partial charge is 0.156 e. The van der Waals surface area contributed by atoms with Crippen molar-refractivity contribution in [3.63, 3.8) is 0 Å². The van der Waals surface area contributed by atoms with Crippen LogP contribution in [-0.4, -0.2) is 26.7 Å². The van der Waals surface area contributed by atoms with Crippen LogP contribution >= 0.6 is 11.3 Å². The molecule has 1 aliphatic rings. The molecule has 1 aliphatic carbocycles. The van der Waals surface area contributed by atoms with Gasteiger partial charge in [-0.2, -0.15) is 0 Å². The lowest BCUT2D eigenvalue weighted by Crippen LogP contribution is -2.30. The number of nitrogens with one attached hydrogen (secondary N) is 1. The van der Waals surface area contributed by atoms with E-state index in [1.807, 2.05) is 7.05 Å². The molecule has 1 aromatic heterocycles. The summed E-state index contributed by atoms with van der Waals surface area (Å²) in [5.41, 5.74) is 1.28. The summed E-state index contributed by atoms with van der Waals surface area (Å²) in [5, 5.41) is 3.54. The summed E-state index contributed by atoms with van der Waals surface area (Å²) in [5.74, 6) is 0. The van der Waals surface area contributed by atoms with Crippen LogP contribution < -0.4 is 5.32 Å². The molecule has 19 heavy (non-hydrogen) atoms. The fourth-order valence-corrected chi connectivity index (χ4v) is 4.76. The maximum absolute atomic E-state index is 11.7. The molecule has 1 N–H and O–H groups in total. The van der Waals surface area contributed by atoms with E-state index in [9.17, 15) is 8.42 Å². The SMILES string of the molecule is CNC1CC(C)(C)Cc2nc(C(C)S(C)(=O)=O)sc21. The van der Waals surface area contributed by atoms with Crippen LogP contribution in [0.15, 0.2) is 0 Å². The monoisotopic (exact) mass is 302 g/mol. The Morgan fingerprint density at radius 1 is 1.47 bits per heavy atom. The summed E-state index contributed by atoms with van der Waals surface area (Å²) < 4.78 is 23.3. The number of nitrogens with zero attached hydrogens (tertiary/aromatic N) is 1. The lowest BCUT2D eigenvalue weighted by atomic mass is 9.76. The van der Waals surface area contributed by atoms with Gasteiger partial charge < -0.3 is 5.32 Å². The molecule has 1 heterocycles. The average Bonchev–Trinajstić information content (AvgIpc) is 2.67. The number of sulfone groups is 1. The van der Waals surface area contributed by atoms with Gasteiger partial charge in [-0.05, 0) is 32.2 Å². The van der Waals surface area contributed by atoms with E-state index in [0.29, 0.717) is 0 Å². The van der Waals surface area contributed by atoms with Crippen molar-refractivity contribution in [1.29, 1.82) is 0 Å². The predicted molar refractivity (Wildman–Crippen MR) is 79.3 cm³/mol. The number of fused-ring (bicyclic) bond motifs is 1. The number of hydrogen-bond donors (Lipinski definition) is 1. The molecule has 0 spiro atoms. The highest BCUT2D eigenvalue weighted by Gasteiger charge is 2.35. The Hall–Kier alpha value is -0.460. The maximum Gasteiger partial charge on any atom is 0.156 e. The first-order valence-electron chi connectivity index (χ1n) is 6.50. The minimum absolute atomic E-state index is 0.209. The molecule has 4 nitrogen and oxygen atoms in total. The number of thiazole rings is 1. The molecular weight excluding hydrogens is 280 g/mol. The van der Waals surface area contributed by atoms with Gasteiger partial charge in [-0.15, -0.1) is 11.3 Å². The van der Waals surface area contributed by atoms with E-state index >= 15 is 0 Å². The van der Waals surface area contributed by atoms with Gasteiger partial charge in [0.05, 0.1) is 5.69 Å². The van der Waals surface area contributed by atoms with Gasteiger partial charge >= 0.3 is 0 Å². The van der Waals surface area contributed by atoms with Crippen LogP contribution in [0, 0.1) is 5.41 Å². The second-order valence-corrected chi connectivity index (χ2v) is 9.65. The van der Waals surface area contributed by atoms with E-state index in [0.717, 1.165) is 23.5 Å². The van der Waals surface area contributed by atoms with Crippen LogP contribution in [0.2, 0.25) is 0 Å². The normalized spacial score (nSPS) is 23.9. The molecule has 0 aromatic carbocycles. The molecule has 108 valence electrons. The van der Waals surface area contributed by atoms with E-state index in [1.165, 1.54) is 11.1 Å². The van der Waals surface area contributed by atoms with Crippen LogP contribution in [0.1, 0.15) is 54.1 Å². The van der Waals surface area contributed by atoms with Crippen LogP contribution in [0.4, 0.5) is 0 Å². The topological polar surface area (TPSA) is 59.1 Å². The third-order valence-electron chi connectivity index (χ3n) is 3.80. The highest BCUT2D eigenvalue weighted by atomic mass is 32.2. The third kappa shape index (κ3) is 3.01. The Labute approximate surface area is 119 Å². The molecule has 0 saturated carbocycles. The molecule has 1 aromatic rings. The van der Waals surface area contributed by atoms with Crippen molar-refractivity contribution in [2.75, 3.05) is 13.3 Å². The van der Waals surface area contributed by atoms with Gasteiger partial charge in [-0.1, -0.05) is 13.8 Å². The van der Waals surface area contributed by atoms with E-state index in [4.69, 9.17) is 0 Å². The minimum Gasteiger partial charge on any atom is -0.312 e. The van der Waals surface area contributed by atoms with Gasteiger partial charge in [-0.3, -0.25) is 0 Å². The summed E-state index contributed by atoms with van der Waals surface area (Å²) in [4.78, 5) is 5.83. The minimum atomic E-state index is -3.08. The first kappa shape index (κ1) is 14.9. The third-order valence-corrected chi connectivity index (χ3v) is 6.85. The first-order chi connectivity index (χ1) is 8.64. The van der Waals surface area contributed by atoms with Crippen molar-refractivity contribution in [2.24, 2.45) is 5.41 Å². The number of rotatable bonds is 3. The van der Waals surface area contributed by atoms with Crippen LogP contribution in [0.25, 0.3) is 0 Å². The average molecular weight is 302 g/mol. The summed E-state index contributed by atoms with van der Waals surface area (Å²) in [6.45, 7) is 6.19. The number of hydrogen-bond acceptors (Lipinski definition) is 5. The van der Waals surface area contributed by atoms with Gasteiger partial charge in [-0.25, -0.2) is 13.4 Å². The molecule has 2 atom stereocenters. The Bertz CT molecular complexity index is 575. The Kier molecular flexibility index (Phi) is 3.79. The zero-order valence-corrected chi connectivity index (χ0v) is 13.8. The summed E-state index contributed by atoms with van der Waals surface area (Å²) >= 11 is 1.55. The molecule has 0 radical (unpaired) electrons. The summed E-state index contributed by atoms with van der Waals surface area (Å²) in [6, 6.07) is 0.289. The fraction of sp³-hybridized carbons (Fsp3) is 0.769. The van der Waals surface area contributed by atoms with Gasteiger partial charge in [0.2, 0.25) is 0 Å². The second kappa shape index (κ2) is 4.82. The molecule has 0 aliphatic heterocycles. The predicted octanol–water partition coefficient (Wildman–Crippen LogP) is 2.48. The Morgan fingerprint density at radius 2 is 2.11 bits per heavy atom. The van der Waals surface area contributed by atoms with Crippen molar-refractivity contribution in [3.8, 4) is 0 Å². The van der Waals surface area contributed by atoms with E-state index in [2.05, 4.69) is 24.1 Å². The quantitative estimate of drug-likeness (QED) is 0.932. The molecule has 2 unspecified atom stereocenters.